The molecule has 28 heavy (non-hydrogen) atoms. The minimum absolute atomic E-state index is 0.0743. The molecular weight excluding hydrogens is 344 g/mol. The molecule has 0 saturated carbocycles. The van der Waals surface area contributed by atoms with Gasteiger partial charge in [-0.15, -0.1) is 0 Å². The Morgan fingerprint density at radius 2 is 0.643 bits per heavy atom. The number of hydrogen-bond acceptors (Lipinski definition) is 2. The third-order valence-corrected chi connectivity index (χ3v) is 5.95. The maximum absolute atomic E-state index is 5.29. The quantitative estimate of drug-likeness (QED) is 0.500. The smallest absolute Gasteiger partial charge is 0.118 e. The first-order valence-corrected chi connectivity index (χ1v) is 9.69. The van der Waals surface area contributed by atoms with Gasteiger partial charge in [0.15, 0.2) is 0 Å². The van der Waals surface area contributed by atoms with Gasteiger partial charge < -0.3 is 9.47 Å². The van der Waals surface area contributed by atoms with Crippen molar-refractivity contribution >= 4 is 0 Å². The second kappa shape index (κ2) is 7.71. The third kappa shape index (κ3) is 3.77. The van der Waals surface area contributed by atoms with E-state index in [1.807, 2.05) is 24.3 Å². The summed E-state index contributed by atoms with van der Waals surface area (Å²) in [4.78, 5) is 0. The largest absolute Gasteiger partial charge is 0.497 e. The zero-order valence-corrected chi connectivity index (χ0v) is 17.7. The number of hydrogen-bond donors (Lipinski definition) is 0. The van der Waals surface area contributed by atoms with E-state index < -0.39 is 0 Å². The molecule has 2 heteroatoms. The van der Waals surface area contributed by atoms with Crippen LogP contribution in [0.5, 0.6) is 11.5 Å². The minimum Gasteiger partial charge on any atom is -0.497 e. The molecule has 3 aromatic carbocycles. The summed E-state index contributed by atoms with van der Waals surface area (Å²) in [5, 5.41) is 0. The maximum Gasteiger partial charge on any atom is 0.118 e. The Balaban J connectivity index is 1.88. The zero-order chi connectivity index (χ0) is 20.4. The molecule has 0 amide bonds. The molecule has 0 heterocycles. The van der Waals surface area contributed by atoms with E-state index >= 15 is 0 Å². The molecule has 0 N–H and O–H groups in total. The van der Waals surface area contributed by atoms with Crippen LogP contribution in [0.4, 0.5) is 0 Å². The summed E-state index contributed by atoms with van der Waals surface area (Å²) in [5.74, 6) is 1.77. The zero-order valence-electron chi connectivity index (χ0n) is 17.7. The first kappa shape index (κ1) is 20.0. The second-order valence-electron chi connectivity index (χ2n) is 8.28. The third-order valence-electron chi connectivity index (χ3n) is 5.95. The molecule has 146 valence electrons. The van der Waals surface area contributed by atoms with Gasteiger partial charge in [-0.25, -0.2) is 0 Å². The highest BCUT2D eigenvalue weighted by Gasteiger charge is 2.26. The fourth-order valence-electron chi connectivity index (χ4n) is 3.65. The Morgan fingerprint density at radius 3 is 0.857 bits per heavy atom. The fourth-order valence-corrected chi connectivity index (χ4v) is 3.65. The van der Waals surface area contributed by atoms with Gasteiger partial charge in [-0.3, -0.25) is 0 Å². The molecule has 0 aliphatic heterocycles. The molecule has 0 aliphatic rings. The van der Waals surface area contributed by atoms with Crippen LogP contribution in [0.3, 0.4) is 0 Å². The second-order valence-corrected chi connectivity index (χ2v) is 8.28. The van der Waals surface area contributed by atoms with E-state index in [2.05, 4.69) is 76.2 Å². The van der Waals surface area contributed by atoms with Crippen LogP contribution in [-0.4, -0.2) is 14.2 Å². The Morgan fingerprint density at radius 1 is 0.429 bits per heavy atom. The van der Waals surface area contributed by atoms with E-state index in [1.54, 1.807) is 14.2 Å². The van der Waals surface area contributed by atoms with Gasteiger partial charge in [0, 0.05) is 10.8 Å². The molecule has 0 aliphatic carbocycles. The predicted octanol–water partition coefficient (Wildman–Crippen LogP) is 6.36. The monoisotopic (exact) mass is 374 g/mol. The summed E-state index contributed by atoms with van der Waals surface area (Å²) in [5.41, 5.74) is 4.99. The molecular formula is C26H30O2. The molecule has 0 saturated heterocycles. The normalized spacial score (nSPS) is 11.9. The van der Waals surface area contributed by atoms with Gasteiger partial charge in [-0.2, -0.15) is 0 Å². The van der Waals surface area contributed by atoms with Crippen LogP contribution in [0.1, 0.15) is 49.9 Å². The van der Waals surface area contributed by atoms with Gasteiger partial charge in [0.2, 0.25) is 0 Å². The van der Waals surface area contributed by atoms with Crippen LogP contribution in [0.15, 0.2) is 72.8 Å². The number of methoxy groups -OCH3 is 2. The van der Waals surface area contributed by atoms with Crippen molar-refractivity contribution in [2.75, 3.05) is 14.2 Å². The van der Waals surface area contributed by atoms with Crippen LogP contribution in [0.2, 0.25) is 0 Å². The molecule has 0 radical (unpaired) electrons. The summed E-state index contributed by atoms with van der Waals surface area (Å²) in [6.07, 6.45) is 0. The molecule has 0 spiro atoms. The number of rotatable bonds is 6. The lowest BCUT2D eigenvalue weighted by Gasteiger charge is -2.29. The van der Waals surface area contributed by atoms with E-state index in [-0.39, 0.29) is 10.8 Å². The van der Waals surface area contributed by atoms with E-state index in [4.69, 9.17) is 9.47 Å². The molecule has 3 aromatic rings. The van der Waals surface area contributed by atoms with Crippen molar-refractivity contribution in [1.29, 1.82) is 0 Å². The van der Waals surface area contributed by atoms with Crippen molar-refractivity contribution in [3.8, 4) is 11.5 Å². The molecule has 0 aromatic heterocycles. The summed E-state index contributed by atoms with van der Waals surface area (Å²) in [6.45, 7) is 9.05. The molecule has 0 fully saturated rings. The lowest BCUT2D eigenvalue weighted by Crippen LogP contribution is -2.21. The van der Waals surface area contributed by atoms with Crippen LogP contribution in [-0.2, 0) is 10.8 Å². The average molecular weight is 375 g/mol. The maximum atomic E-state index is 5.29. The van der Waals surface area contributed by atoms with Crippen molar-refractivity contribution in [3.63, 3.8) is 0 Å². The highest BCUT2D eigenvalue weighted by molar-refractivity contribution is 5.44. The first-order chi connectivity index (χ1) is 13.3. The lowest BCUT2D eigenvalue weighted by molar-refractivity contribution is 0.414. The predicted molar refractivity (Wildman–Crippen MR) is 117 cm³/mol. The Bertz CT molecular complexity index is 824. The van der Waals surface area contributed by atoms with E-state index in [9.17, 15) is 0 Å². The highest BCUT2D eigenvalue weighted by Crippen LogP contribution is 2.36. The molecule has 2 nitrogen and oxygen atoms in total. The Hall–Kier alpha value is -2.74. The van der Waals surface area contributed by atoms with Gasteiger partial charge in [-0.05, 0) is 46.5 Å². The molecule has 0 atom stereocenters. The van der Waals surface area contributed by atoms with E-state index in [1.165, 1.54) is 22.3 Å². The fraction of sp³-hybridized carbons (Fsp3) is 0.308. The van der Waals surface area contributed by atoms with Gasteiger partial charge in [-0.1, -0.05) is 76.2 Å². The topological polar surface area (TPSA) is 18.5 Å². The SMILES string of the molecule is COc1ccc(C(C)(C)c2ccc(C(C)(C)c3ccc(OC)cc3)cc2)cc1. The van der Waals surface area contributed by atoms with Crippen LogP contribution < -0.4 is 9.47 Å². The highest BCUT2D eigenvalue weighted by atomic mass is 16.5. The summed E-state index contributed by atoms with van der Waals surface area (Å²) < 4.78 is 10.6. The Labute approximate surface area is 169 Å². The van der Waals surface area contributed by atoms with Gasteiger partial charge >= 0.3 is 0 Å². The first-order valence-electron chi connectivity index (χ1n) is 9.69. The van der Waals surface area contributed by atoms with Crippen LogP contribution >= 0.6 is 0 Å². The van der Waals surface area contributed by atoms with Crippen molar-refractivity contribution in [2.45, 2.75) is 38.5 Å². The summed E-state index contributed by atoms with van der Waals surface area (Å²) >= 11 is 0. The lowest BCUT2D eigenvalue weighted by atomic mass is 9.74. The average Bonchev–Trinajstić information content (AvgIpc) is 2.74. The minimum atomic E-state index is -0.0743. The molecule has 0 unspecified atom stereocenters. The summed E-state index contributed by atoms with van der Waals surface area (Å²) in [7, 11) is 3.40. The van der Waals surface area contributed by atoms with Crippen molar-refractivity contribution in [1.82, 2.24) is 0 Å². The van der Waals surface area contributed by atoms with Crippen LogP contribution in [0.25, 0.3) is 0 Å². The number of benzene rings is 3. The van der Waals surface area contributed by atoms with Crippen molar-refractivity contribution in [3.05, 3.63) is 95.1 Å². The summed E-state index contributed by atoms with van der Waals surface area (Å²) in [6, 6.07) is 25.7. The number of ether oxygens (including phenoxy) is 2. The van der Waals surface area contributed by atoms with E-state index in [0.717, 1.165) is 11.5 Å². The van der Waals surface area contributed by atoms with Crippen LogP contribution in [0, 0.1) is 0 Å². The molecule has 3 rings (SSSR count). The van der Waals surface area contributed by atoms with Gasteiger partial charge in [0.05, 0.1) is 14.2 Å². The van der Waals surface area contributed by atoms with Gasteiger partial charge in [0.25, 0.3) is 0 Å². The standard InChI is InChI=1S/C26H30O2/c1-25(2,21-11-15-23(27-5)16-12-21)19-7-9-20(10-8-19)26(3,4)22-13-17-24(28-6)18-14-22/h7-18H,1-6H3. The molecule has 0 bridgehead atoms. The van der Waals surface area contributed by atoms with Gasteiger partial charge in [0.1, 0.15) is 11.5 Å². The van der Waals surface area contributed by atoms with Crippen molar-refractivity contribution < 1.29 is 9.47 Å². The van der Waals surface area contributed by atoms with E-state index in [0.29, 0.717) is 0 Å². The Kier molecular flexibility index (Phi) is 5.51. The van der Waals surface area contributed by atoms with Crippen molar-refractivity contribution in [2.24, 2.45) is 0 Å².